The monoisotopic (exact) mass is 1120 g/mol. The molecule has 79 heavy (non-hydrogen) atoms. The van der Waals surface area contributed by atoms with Gasteiger partial charge in [0.15, 0.2) is 18.9 Å². The van der Waals surface area contributed by atoms with Gasteiger partial charge in [-0.2, -0.15) is 0 Å². The van der Waals surface area contributed by atoms with Crippen molar-refractivity contribution in [1.82, 2.24) is 5.32 Å². The van der Waals surface area contributed by atoms with Crippen LogP contribution in [0.2, 0.25) is 0 Å². The average molecular weight is 1120 g/mol. The Hall–Kier alpha value is -3.55. The highest BCUT2D eigenvalue weighted by molar-refractivity contribution is 5.76. The Bertz CT molecular complexity index is 1870. The summed E-state index contributed by atoms with van der Waals surface area (Å²) in [5, 5.41) is 120. The van der Waals surface area contributed by atoms with Crippen molar-refractivity contribution in [3.63, 3.8) is 0 Å². The fraction of sp³-hybridized carbons (Fsp3) is 0.683. The number of hydrogen-bond donors (Lipinski definition) is 12. The van der Waals surface area contributed by atoms with Crippen LogP contribution < -0.4 is 5.32 Å². The zero-order valence-electron chi connectivity index (χ0n) is 46.5. The van der Waals surface area contributed by atoms with E-state index in [-0.39, 0.29) is 12.3 Å². The maximum atomic E-state index is 13.3. The number of aliphatic hydroxyl groups is 11. The number of amides is 1. The molecule has 17 atom stereocenters. The first-order valence-corrected chi connectivity index (χ1v) is 28.6. The summed E-state index contributed by atoms with van der Waals surface area (Å²) in [5.74, 6) is -0.379. The Morgan fingerprint density at radius 3 is 1.39 bits per heavy atom. The van der Waals surface area contributed by atoms with Gasteiger partial charge in [-0.25, -0.2) is 0 Å². The summed E-state index contributed by atoms with van der Waals surface area (Å²) >= 11 is 0. The van der Waals surface area contributed by atoms with E-state index in [9.17, 15) is 61.0 Å². The van der Waals surface area contributed by atoms with Crippen LogP contribution in [0.5, 0.6) is 0 Å². The Balaban J connectivity index is 1.57. The number of rotatable bonds is 39. The molecule has 0 bridgehead atoms. The van der Waals surface area contributed by atoms with Crippen molar-refractivity contribution in [2.24, 2.45) is 0 Å². The van der Waals surface area contributed by atoms with Gasteiger partial charge in [0, 0.05) is 6.42 Å². The minimum absolute atomic E-state index is 0.0997. The van der Waals surface area contributed by atoms with E-state index in [2.05, 4.69) is 104 Å². The predicted octanol–water partition coefficient (Wildman–Crippen LogP) is 4.36. The number of carbonyl (C=O) groups excluding carboxylic acids is 1. The highest BCUT2D eigenvalue weighted by atomic mass is 16.8. The van der Waals surface area contributed by atoms with Gasteiger partial charge in [-0.1, -0.05) is 149 Å². The Morgan fingerprint density at radius 2 is 0.886 bits per heavy atom. The molecule has 3 aliphatic heterocycles. The number of carbonyl (C=O) groups is 1. The molecule has 12 N–H and O–H groups in total. The third-order valence-electron chi connectivity index (χ3n) is 13.5. The molecular formula is C60H97NO18. The smallest absolute Gasteiger partial charge is 0.220 e. The summed E-state index contributed by atoms with van der Waals surface area (Å²) in [7, 11) is 0. The molecule has 0 aromatic heterocycles. The molecule has 3 rings (SSSR count). The Labute approximate surface area is 468 Å². The molecular weight excluding hydrogens is 1020 g/mol. The van der Waals surface area contributed by atoms with Crippen LogP contribution in [0.15, 0.2) is 109 Å². The summed E-state index contributed by atoms with van der Waals surface area (Å²) in [6.45, 7) is 1.46. The molecule has 3 aliphatic rings. The lowest BCUT2D eigenvalue weighted by Gasteiger charge is -2.48. The van der Waals surface area contributed by atoms with Crippen LogP contribution in [0.4, 0.5) is 0 Å². The first-order valence-electron chi connectivity index (χ1n) is 28.6. The molecule has 0 radical (unpaired) electrons. The van der Waals surface area contributed by atoms with E-state index >= 15 is 0 Å². The van der Waals surface area contributed by atoms with E-state index < -0.39 is 131 Å². The zero-order chi connectivity index (χ0) is 57.6. The molecule has 3 saturated heterocycles. The normalized spacial score (nSPS) is 31.1. The van der Waals surface area contributed by atoms with Crippen LogP contribution in [-0.2, 0) is 33.2 Å². The summed E-state index contributed by atoms with van der Waals surface area (Å²) in [6.07, 6.45) is 26.6. The van der Waals surface area contributed by atoms with Crippen LogP contribution in [0.25, 0.3) is 0 Å². The Morgan fingerprint density at radius 1 is 0.468 bits per heavy atom. The number of allylic oxidation sites excluding steroid dienone is 17. The second-order valence-corrected chi connectivity index (χ2v) is 20.0. The summed E-state index contributed by atoms with van der Waals surface area (Å²) in [4.78, 5) is 13.3. The van der Waals surface area contributed by atoms with Crippen LogP contribution in [-0.4, -0.2) is 193 Å². The van der Waals surface area contributed by atoms with E-state index in [4.69, 9.17) is 28.4 Å². The molecule has 450 valence electrons. The highest BCUT2D eigenvalue weighted by Crippen LogP contribution is 2.33. The molecule has 0 saturated carbocycles. The lowest BCUT2D eigenvalue weighted by Crippen LogP contribution is -2.66. The predicted molar refractivity (Wildman–Crippen MR) is 300 cm³/mol. The molecule has 0 aromatic rings. The standard InChI is InChI=1S/C60H97NO18/c1-3-5-7-9-11-13-15-17-19-20-21-22-24-26-28-30-32-34-36-38-48(66)61-43(44(65)37-35-33-31-29-27-25-23-18-16-14-12-10-8-6-4-2)42-74-58-54(72)51(69)56(46(40-63)76-58)79-60-55(73)52(70)57(47(41-64)77-60)78-59-53(71)50(68)49(67)45(39-62)75-59/h5,7,11,13,16-19,21-22,26-29,32,34-35,37,43-47,49-60,62-65,67-73H,3-4,6,8-10,12,14-15,20,23-25,30-31,33,36,38-42H2,1-2H3,(H,61,66)/b7-5-,13-11-,18-16+,19-17-,22-21-,28-26-,29-27+,34-32-,37-35+. The van der Waals surface area contributed by atoms with Crippen LogP contribution in [0.3, 0.4) is 0 Å². The van der Waals surface area contributed by atoms with Crippen molar-refractivity contribution in [2.45, 2.75) is 234 Å². The van der Waals surface area contributed by atoms with E-state index in [1.54, 1.807) is 12.2 Å². The van der Waals surface area contributed by atoms with E-state index in [0.717, 1.165) is 57.8 Å². The van der Waals surface area contributed by atoms with Gasteiger partial charge in [-0.05, 0) is 83.5 Å². The SMILES string of the molecule is CC/C=C\C/C=C\C/C=C\C/C=C\C/C=C\C/C=C\CCC(=O)NC(COC1OC(CO)C(OC2OC(CO)C(OC3OC(CO)C(O)C(O)C3O)C(O)C2O)C(O)C1O)C(O)/C=C/CC/C=C/CC/C=C/CCCCCCC. The van der Waals surface area contributed by atoms with Gasteiger partial charge < -0.3 is 89.9 Å². The topological polar surface area (TPSA) is 307 Å². The average Bonchev–Trinajstić information content (AvgIpc) is 3.47. The maximum absolute atomic E-state index is 13.3. The highest BCUT2D eigenvalue weighted by Gasteiger charge is 2.53. The molecule has 3 heterocycles. The van der Waals surface area contributed by atoms with E-state index in [1.807, 2.05) is 12.2 Å². The van der Waals surface area contributed by atoms with Gasteiger partial charge >= 0.3 is 0 Å². The quantitative estimate of drug-likeness (QED) is 0.0301. The largest absolute Gasteiger partial charge is 0.394 e. The first kappa shape index (κ1) is 69.7. The van der Waals surface area contributed by atoms with Crippen molar-refractivity contribution in [2.75, 3.05) is 26.4 Å². The van der Waals surface area contributed by atoms with Gasteiger partial charge in [0.1, 0.15) is 73.2 Å². The van der Waals surface area contributed by atoms with Gasteiger partial charge in [0.05, 0.1) is 38.6 Å². The molecule has 17 unspecified atom stereocenters. The van der Waals surface area contributed by atoms with Gasteiger partial charge in [0.25, 0.3) is 0 Å². The fourth-order valence-electron chi connectivity index (χ4n) is 8.83. The molecule has 0 spiro atoms. The molecule has 3 fully saturated rings. The number of aliphatic hydroxyl groups excluding tert-OH is 11. The van der Waals surface area contributed by atoms with Gasteiger partial charge in [-0.3, -0.25) is 4.79 Å². The van der Waals surface area contributed by atoms with E-state index in [1.165, 1.54) is 32.1 Å². The molecule has 0 aromatic carbocycles. The minimum atomic E-state index is -1.99. The van der Waals surface area contributed by atoms with Crippen LogP contribution >= 0.6 is 0 Å². The van der Waals surface area contributed by atoms with Crippen molar-refractivity contribution < 1.29 is 89.4 Å². The lowest BCUT2D eigenvalue weighted by molar-refractivity contribution is -0.379. The number of unbranched alkanes of at least 4 members (excludes halogenated alkanes) is 7. The third kappa shape index (κ3) is 26.5. The van der Waals surface area contributed by atoms with Crippen molar-refractivity contribution in [3.8, 4) is 0 Å². The minimum Gasteiger partial charge on any atom is -0.394 e. The van der Waals surface area contributed by atoms with E-state index in [0.29, 0.717) is 19.3 Å². The summed E-state index contributed by atoms with van der Waals surface area (Å²) < 4.78 is 34.1. The maximum Gasteiger partial charge on any atom is 0.220 e. The van der Waals surface area contributed by atoms with Crippen molar-refractivity contribution in [1.29, 1.82) is 0 Å². The summed E-state index contributed by atoms with van der Waals surface area (Å²) in [5.41, 5.74) is 0. The number of hydrogen-bond acceptors (Lipinski definition) is 18. The third-order valence-corrected chi connectivity index (χ3v) is 13.5. The van der Waals surface area contributed by atoms with Crippen molar-refractivity contribution >= 4 is 5.91 Å². The molecule has 0 aliphatic carbocycles. The molecule has 1 amide bonds. The first-order chi connectivity index (χ1) is 38.3. The van der Waals surface area contributed by atoms with Crippen LogP contribution in [0.1, 0.15) is 129 Å². The molecule has 19 heteroatoms. The van der Waals surface area contributed by atoms with Gasteiger partial charge in [-0.15, -0.1) is 0 Å². The molecule has 19 nitrogen and oxygen atoms in total. The number of ether oxygens (including phenoxy) is 6. The number of nitrogens with one attached hydrogen (secondary N) is 1. The lowest BCUT2D eigenvalue weighted by atomic mass is 9.96. The zero-order valence-corrected chi connectivity index (χ0v) is 46.5. The Kier molecular flexibility index (Phi) is 37.3. The second-order valence-electron chi connectivity index (χ2n) is 20.0. The van der Waals surface area contributed by atoms with Crippen molar-refractivity contribution in [3.05, 3.63) is 109 Å². The van der Waals surface area contributed by atoms with Gasteiger partial charge in [0.2, 0.25) is 5.91 Å². The second kappa shape index (κ2) is 42.3. The summed E-state index contributed by atoms with van der Waals surface area (Å²) in [6, 6.07) is -1.04. The van der Waals surface area contributed by atoms with Crippen LogP contribution in [0, 0.1) is 0 Å². The fourth-order valence-corrected chi connectivity index (χ4v) is 8.83.